The van der Waals surface area contributed by atoms with E-state index in [9.17, 15) is 5.11 Å². The Kier molecular flexibility index (Phi) is 3.59. The minimum atomic E-state index is -0.624. The molecule has 21 heavy (non-hydrogen) atoms. The second kappa shape index (κ2) is 5.28. The number of likely N-dealkylation sites (N-methyl/N-ethyl adjacent to an activating group) is 1. The van der Waals surface area contributed by atoms with Gasteiger partial charge in [-0.1, -0.05) is 30.3 Å². The van der Waals surface area contributed by atoms with Crippen molar-refractivity contribution < 1.29 is 14.4 Å². The van der Waals surface area contributed by atoms with Crippen molar-refractivity contribution in [1.82, 2.24) is 0 Å². The van der Waals surface area contributed by atoms with Gasteiger partial charge in [-0.3, -0.25) is 0 Å². The number of benzene rings is 1. The van der Waals surface area contributed by atoms with Gasteiger partial charge in [-0.15, -0.1) is 11.3 Å². The highest BCUT2D eigenvalue weighted by Crippen LogP contribution is 2.31. The number of nitrogens with zero attached hydrogens (tertiary/aromatic N) is 1. The number of rotatable bonds is 3. The Labute approximate surface area is 129 Å². The normalized spacial score (nSPS) is 18.7. The van der Waals surface area contributed by atoms with Crippen LogP contribution in [0.25, 0.3) is 0 Å². The number of ether oxygens (including phenoxy) is 1. The Morgan fingerprint density at radius 3 is 2.57 bits per heavy atom. The van der Waals surface area contributed by atoms with Crippen molar-refractivity contribution in [1.29, 1.82) is 0 Å². The zero-order valence-corrected chi connectivity index (χ0v) is 13.4. The summed E-state index contributed by atoms with van der Waals surface area (Å²) in [6, 6.07) is 11.7. The maximum absolute atomic E-state index is 10.7. The van der Waals surface area contributed by atoms with Crippen LogP contribution < -0.4 is 0 Å². The quantitative estimate of drug-likeness (QED) is 0.884. The fourth-order valence-corrected chi connectivity index (χ4v) is 3.42. The fraction of sp³-hybridized carbons (Fsp3) is 0.353. The first kappa shape index (κ1) is 14.3. The van der Waals surface area contributed by atoms with Crippen LogP contribution in [0, 0.1) is 0 Å². The van der Waals surface area contributed by atoms with Crippen molar-refractivity contribution in [3.05, 3.63) is 57.8 Å². The molecule has 110 valence electrons. The van der Waals surface area contributed by atoms with E-state index in [-0.39, 0.29) is 5.54 Å². The fourth-order valence-electron chi connectivity index (χ4n) is 2.45. The zero-order chi connectivity index (χ0) is 15.0. The molecule has 1 aliphatic heterocycles. The molecule has 1 N–H and O–H groups in total. The summed E-state index contributed by atoms with van der Waals surface area (Å²) in [5.74, 6) is 0.861. The Morgan fingerprint density at radius 2 is 1.95 bits per heavy atom. The molecule has 3 nitrogen and oxygen atoms in total. The molecule has 0 saturated heterocycles. The average Bonchev–Trinajstić information content (AvgIpc) is 3.05. The van der Waals surface area contributed by atoms with E-state index in [1.54, 1.807) is 11.3 Å². The SMILES string of the molecule is C[N+]1=C(c2sccc2C(O)c2ccccc2)OCC1(C)C. The number of hydrogen-bond acceptors (Lipinski definition) is 3. The highest BCUT2D eigenvalue weighted by molar-refractivity contribution is 7.12. The molecule has 2 heterocycles. The predicted octanol–water partition coefficient (Wildman–Crippen LogP) is 3.03. The lowest BCUT2D eigenvalue weighted by atomic mass is 10.0. The molecule has 0 fully saturated rings. The molecule has 1 aromatic heterocycles. The first-order valence-electron chi connectivity index (χ1n) is 7.05. The van der Waals surface area contributed by atoms with Gasteiger partial charge in [0.05, 0.1) is 0 Å². The summed E-state index contributed by atoms with van der Waals surface area (Å²) >= 11 is 1.61. The monoisotopic (exact) mass is 302 g/mol. The Balaban J connectivity index is 2.01. The van der Waals surface area contributed by atoms with Gasteiger partial charge in [-0.2, -0.15) is 4.58 Å². The van der Waals surface area contributed by atoms with Crippen molar-refractivity contribution in [2.45, 2.75) is 25.5 Å². The summed E-state index contributed by atoms with van der Waals surface area (Å²) < 4.78 is 8.05. The predicted molar refractivity (Wildman–Crippen MR) is 85.1 cm³/mol. The van der Waals surface area contributed by atoms with Crippen LogP contribution in [0.5, 0.6) is 0 Å². The standard InChI is InChI=1S/C17H20NO2S/c1-17(2)11-20-16(18(17)3)15-13(9-10-21-15)14(19)12-7-5-4-6-8-12/h4-10,14,19H,11H2,1-3H3/q+1. The van der Waals surface area contributed by atoms with Crippen LogP contribution in [-0.2, 0) is 4.74 Å². The number of thiophene rings is 1. The highest BCUT2D eigenvalue weighted by Gasteiger charge is 2.42. The van der Waals surface area contributed by atoms with Crippen LogP contribution in [0.2, 0.25) is 0 Å². The van der Waals surface area contributed by atoms with Crippen molar-refractivity contribution >= 4 is 17.2 Å². The van der Waals surface area contributed by atoms with E-state index in [1.807, 2.05) is 48.8 Å². The van der Waals surface area contributed by atoms with E-state index in [4.69, 9.17) is 4.74 Å². The Hall–Kier alpha value is -1.65. The first-order valence-corrected chi connectivity index (χ1v) is 7.93. The van der Waals surface area contributed by atoms with E-state index in [0.717, 1.165) is 21.9 Å². The minimum absolute atomic E-state index is 0.0196. The molecule has 2 aromatic rings. The second-order valence-corrected chi connectivity index (χ2v) is 6.90. The van der Waals surface area contributed by atoms with Gasteiger partial charge in [-0.25, -0.2) is 0 Å². The van der Waals surface area contributed by atoms with Crippen molar-refractivity contribution in [3.63, 3.8) is 0 Å². The van der Waals surface area contributed by atoms with Crippen LogP contribution in [0.1, 0.15) is 36.0 Å². The third-order valence-corrected chi connectivity index (χ3v) is 4.99. The molecule has 1 aromatic carbocycles. The molecule has 3 rings (SSSR count). The Bertz CT molecular complexity index is 673. The second-order valence-electron chi connectivity index (χ2n) is 5.98. The minimum Gasteiger partial charge on any atom is -0.436 e. The molecule has 1 atom stereocenters. The molecule has 1 aliphatic rings. The molecular weight excluding hydrogens is 282 g/mol. The van der Waals surface area contributed by atoms with Crippen molar-refractivity contribution in [3.8, 4) is 0 Å². The van der Waals surface area contributed by atoms with Gasteiger partial charge in [0.2, 0.25) is 0 Å². The van der Waals surface area contributed by atoms with E-state index < -0.39 is 6.10 Å². The molecule has 4 heteroatoms. The molecule has 1 unspecified atom stereocenters. The van der Waals surface area contributed by atoms with Gasteiger partial charge < -0.3 is 9.84 Å². The van der Waals surface area contributed by atoms with E-state index >= 15 is 0 Å². The van der Waals surface area contributed by atoms with Gasteiger partial charge >= 0.3 is 5.90 Å². The van der Waals surface area contributed by atoms with Gasteiger partial charge in [0.1, 0.15) is 18.0 Å². The Morgan fingerprint density at radius 1 is 1.24 bits per heavy atom. The first-order chi connectivity index (χ1) is 10.0. The lowest BCUT2D eigenvalue weighted by molar-refractivity contribution is -0.562. The highest BCUT2D eigenvalue weighted by atomic mass is 32.1. The van der Waals surface area contributed by atoms with Gasteiger partial charge in [-0.05, 0) is 17.0 Å². The summed E-state index contributed by atoms with van der Waals surface area (Å²) in [4.78, 5) is 1.01. The maximum atomic E-state index is 10.7. The topological polar surface area (TPSA) is 32.5 Å². The molecular formula is C17H20NO2S+. The molecule has 0 spiro atoms. The largest absolute Gasteiger partial charge is 0.436 e. The van der Waals surface area contributed by atoms with Crippen LogP contribution in [0.4, 0.5) is 0 Å². The van der Waals surface area contributed by atoms with Crippen molar-refractivity contribution in [2.75, 3.05) is 13.7 Å². The van der Waals surface area contributed by atoms with Gasteiger partial charge in [0, 0.05) is 19.4 Å². The van der Waals surface area contributed by atoms with Crippen LogP contribution in [-0.4, -0.2) is 34.8 Å². The summed E-state index contributed by atoms with van der Waals surface area (Å²) in [7, 11) is 2.04. The number of aliphatic hydroxyl groups excluding tert-OH is 1. The summed E-state index contributed by atoms with van der Waals surface area (Å²) in [6.07, 6.45) is -0.624. The lowest BCUT2D eigenvalue weighted by Gasteiger charge is -2.11. The summed E-state index contributed by atoms with van der Waals surface area (Å²) in [5, 5.41) is 12.7. The van der Waals surface area contributed by atoms with Crippen LogP contribution >= 0.6 is 11.3 Å². The number of hydrogen-bond donors (Lipinski definition) is 1. The third kappa shape index (κ3) is 2.49. The average molecular weight is 302 g/mol. The molecule has 0 aliphatic carbocycles. The van der Waals surface area contributed by atoms with Gasteiger partial charge in [0.15, 0.2) is 12.1 Å². The summed E-state index contributed by atoms with van der Waals surface area (Å²) in [6.45, 7) is 4.97. The molecule has 0 saturated carbocycles. The van der Waals surface area contributed by atoms with E-state index in [2.05, 4.69) is 18.4 Å². The zero-order valence-electron chi connectivity index (χ0n) is 12.5. The lowest BCUT2D eigenvalue weighted by Crippen LogP contribution is -2.33. The molecule has 0 bridgehead atoms. The van der Waals surface area contributed by atoms with E-state index in [1.165, 1.54) is 0 Å². The number of aliphatic hydroxyl groups is 1. The van der Waals surface area contributed by atoms with Crippen LogP contribution in [0.3, 0.4) is 0 Å². The van der Waals surface area contributed by atoms with Crippen LogP contribution in [0.15, 0.2) is 41.8 Å². The van der Waals surface area contributed by atoms with Gasteiger partial charge in [0.25, 0.3) is 0 Å². The van der Waals surface area contributed by atoms with E-state index in [0.29, 0.717) is 6.61 Å². The maximum Gasteiger partial charge on any atom is 0.381 e. The van der Waals surface area contributed by atoms with Crippen molar-refractivity contribution in [2.24, 2.45) is 0 Å². The molecule has 0 radical (unpaired) electrons. The summed E-state index contributed by atoms with van der Waals surface area (Å²) in [5.41, 5.74) is 1.79. The third-order valence-electron chi connectivity index (χ3n) is 4.07. The molecule has 0 amide bonds. The smallest absolute Gasteiger partial charge is 0.381 e.